The van der Waals surface area contributed by atoms with Crippen molar-refractivity contribution in [3.05, 3.63) is 69.7 Å². The summed E-state index contributed by atoms with van der Waals surface area (Å²) in [4.78, 5) is 0. The molecular weight excluding hydrogens is 289 g/mol. The number of aryl methyl sites for hydroxylation is 1. The molecule has 100 valence electrons. The molecule has 0 nitrogen and oxygen atoms in total. The molecule has 0 aliphatic rings. The van der Waals surface area contributed by atoms with Crippen LogP contribution in [0.4, 0.5) is 8.78 Å². The van der Waals surface area contributed by atoms with Gasteiger partial charge in [0, 0.05) is 5.02 Å². The second-order valence-electron chi connectivity index (χ2n) is 4.39. The van der Waals surface area contributed by atoms with Gasteiger partial charge in [0.25, 0.3) is 0 Å². The normalized spacial score (nSPS) is 12.5. The van der Waals surface area contributed by atoms with Crippen LogP contribution in [0.25, 0.3) is 0 Å². The standard InChI is InChI=1S/C15H12Cl2F2/c1-9-6-11(13(17)8-15(9)19)12(16)7-10-4-2-3-5-14(10)18/h2-6,8,12H,7H2,1H3. The number of rotatable bonds is 3. The van der Waals surface area contributed by atoms with Crippen molar-refractivity contribution in [1.29, 1.82) is 0 Å². The summed E-state index contributed by atoms with van der Waals surface area (Å²) in [5.41, 5.74) is 1.60. The quantitative estimate of drug-likeness (QED) is 0.661. The summed E-state index contributed by atoms with van der Waals surface area (Å²) in [6.45, 7) is 1.64. The predicted molar refractivity (Wildman–Crippen MR) is 74.8 cm³/mol. The van der Waals surface area contributed by atoms with Gasteiger partial charge in [0.2, 0.25) is 0 Å². The van der Waals surface area contributed by atoms with Gasteiger partial charge >= 0.3 is 0 Å². The zero-order valence-electron chi connectivity index (χ0n) is 10.3. The van der Waals surface area contributed by atoms with Crippen LogP contribution in [-0.4, -0.2) is 0 Å². The summed E-state index contributed by atoms with van der Waals surface area (Å²) in [5, 5.41) is -0.233. The minimum Gasteiger partial charge on any atom is -0.207 e. The maximum atomic E-state index is 13.6. The van der Waals surface area contributed by atoms with Gasteiger partial charge in [0.05, 0.1) is 5.38 Å². The molecule has 0 N–H and O–H groups in total. The Morgan fingerprint density at radius 3 is 2.47 bits per heavy atom. The lowest BCUT2D eigenvalue weighted by molar-refractivity contribution is 0.606. The van der Waals surface area contributed by atoms with E-state index in [0.717, 1.165) is 0 Å². The van der Waals surface area contributed by atoms with E-state index < -0.39 is 5.38 Å². The first kappa shape index (κ1) is 14.3. The molecule has 0 aromatic heterocycles. The van der Waals surface area contributed by atoms with Crippen molar-refractivity contribution in [3.8, 4) is 0 Å². The fourth-order valence-electron chi connectivity index (χ4n) is 1.89. The zero-order chi connectivity index (χ0) is 14.0. The molecule has 2 aromatic carbocycles. The summed E-state index contributed by atoms with van der Waals surface area (Å²) in [5.74, 6) is -0.674. The predicted octanol–water partition coefficient (Wildman–Crippen LogP) is 5.45. The molecule has 0 radical (unpaired) electrons. The number of hydrogen-bond donors (Lipinski definition) is 0. The molecule has 0 saturated carbocycles. The molecule has 1 unspecified atom stereocenters. The van der Waals surface area contributed by atoms with Gasteiger partial charge in [-0.2, -0.15) is 0 Å². The first-order chi connectivity index (χ1) is 8.99. The molecule has 2 aromatic rings. The molecule has 0 amide bonds. The molecule has 0 fully saturated rings. The van der Waals surface area contributed by atoms with Crippen LogP contribution in [-0.2, 0) is 6.42 Å². The van der Waals surface area contributed by atoms with Crippen LogP contribution in [0.3, 0.4) is 0 Å². The first-order valence-electron chi connectivity index (χ1n) is 5.82. The van der Waals surface area contributed by atoms with E-state index in [2.05, 4.69) is 0 Å². The lowest BCUT2D eigenvalue weighted by Crippen LogP contribution is -2.00. The van der Waals surface area contributed by atoms with E-state index in [4.69, 9.17) is 23.2 Å². The van der Waals surface area contributed by atoms with E-state index in [1.807, 2.05) is 0 Å². The van der Waals surface area contributed by atoms with Gasteiger partial charge in [0.1, 0.15) is 11.6 Å². The lowest BCUT2D eigenvalue weighted by atomic mass is 10.0. The third kappa shape index (κ3) is 3.26. The Kier molecular flexibility index (Phi) is 4.43. The maximum absolute atomic E-state index is 13.6. The van der Waals surface area contributed by atoms with Gasteiger partial charge in [-0.3, -0.25) is 0 Å². The number of alkyl halides is 1. The van der Waals surface area contributed by atoms with Crippen molar-refractivity contribution < 1.29 is 8.78 Å². The van der Waals surface area contributed by atoms with E-state index in [1.165, 1.54) is 12.1 Å². The molecule has 1 atom stereocenters. The van der Waals surface area contributed by atoms with Crippen LogP contribution >= 0.6 is 23.2 Å². The maximum Gasteiger partial charge on any atom is 0.127 e. The minimum atomic E-state index is -0.497. The molecule has 0 spiro atoms. The summed E-state index contributed by atoms with van der Waals surface area (Å²) in [7, 11) is 0. The molecule has 19 heavy (non-hydrogen) atoms. The summed E-state index contributed by atoms with van der Waals surface area (Å²) in [6.07, 6.45) is 0.305. The Balaban J connectivity index is 2.28. The zero-order valence-corrected chi connectivity index (χ0v) is 11.8. The Morgan fingerprint density at radius 2 is 1.79 bits per heavy atom. The highest BCUT2D eigenvalue weighted by Crippen LogP contribution is 2.33. The minimum absolute atomic E-state index is 0.263. The Bertz CT molecular complexity index is 597. The van der Waals surface area contributed by atoms with E-state index in [-0.39, 0.29) is 16.7 Å². The van der Waals surface area contributed by atoms with Gasteiger partial charge in [-0.25, -0.2) is 8.78 Å². The topological polar surface area (TPSA) is 0 Å². The lowest BCUT2D eigenvalue weighted by Gasteiger charge is -2.13. The van der Waals surface area contributed by atoms with E-state index in [1.54, 1.807) is 31.2 Å². The molecule has 0 heterocycles. The molecular formula is C15H12Cl2F2. The summed E-state index contributed by atoms with van der Waals surface area (Å²) in [6, 6.07) is 9.28. The van der Waals surface area contributed by atoms with Crippen LogP contribution in [0.1, 0.15) is 22.1 Å². The SMILES string of the molecule is Cc1cc(C(Cl)Cc2ccccc2F)c(Cl)cc1F. The average molecular weight is 301 g/mol. The number of benzene rings is 2. The van der Waals surface area contributed by atoms with Crippen molar-refractivity contribution in [2.24, 2.45) is 0 Å². The van der Waals surface area contributed by atoms with Gasteiger partial charge in [-0.1, -0.05) is 35.9 Å². The highest BCUT2D eigenvalue weighted by molar-refractivity contribution is 6.32. The first-order valence-corrected chi connectivity index (χ1v) is 6.63. The van der Waals surface area contributed by atoms with E-state index >= 15 is 0 Å². The molecule has 0 aliphatic carbocycles. The van der Waals surface area contributed by atoms with Gasteiger partial charge in [-0.05, 0) is 42.2 Å². The van der Waals surface area contributed by atoms with Crippen molar-refractivity contribution in [2.45, 2.75) is 18.7 Å². The van der Waals surface area contributed by atoms with Crippen molar-refractivity contribution in [3.63, 3.8) is 0 Å². The van der Waals surface area contributed by atoms with Crippen LogP contribution in [0, 0.1) is 18.6 Å². The fraction of sp³-hybridized carbons (Fsp3) is 0.200. The van der Waals surface area contributed by atoms with Gasteiger partial charge < -0.3 is 0 Å². The molecule has 0 saturated heterocycles. The third-order valence-electron chi connectivity index (χ3n) is 2.97. The van der Waals surface area contributed by atoms with Crippen molar-refractivity contribution in [1.82, 2.24) is 0 Å². The second kappa shape index (κ2) is 5.89. The Labute approximate surface area is 121 Å². The molecule has 2 rings (SSSR count). The Morgan fingerprint density at radius 1 is 1.11 bits per heavy atom. The second-order valence-corrected chi connectivity index (χ2v) is 5.32. The molecule has 4 heteroatoms. The monoisotopic (exact) mass is 300 g/mol. The number of hydrogen-bond acceptors (Lipinski definition) is 0. The average Bonchev–Trinajstić information content (AvgIpc) is 2.36. The van der Waals surface area contributed by atoms with Crippen LogP contribution < -0.4 is 0 Å². The van der Waals surface area contributed by atoms with Gasteiger partial charge in [-0.15, -0.1) is 11.6 Å². The largest absolute Gasteiger partial charge is 0.207 e. The summed E-state index contributed by atoms with van der Waals surface area (Å²) < 4.78 is 26.9. The fourth-order valence-corrected chi connectivity index (χ4v) is 2.57. The third-order valence-corrected chi connectivity index (χ3v) is 3.69. The highest BCUT2D eigenvalue weighted by atomic mass is 35.5. The van der Waals surface area contributed by atoms with Crippen molar-refractivity contribution in [2.75, 3.05) is 0 Å². The smallest absolute Gasteiger partial charge is 0.127 e. The van der Waals surface area contributed by atoms with E-state index in [9.17, 15) is 8.78 Å². The molecule has 0 aliphatic heterocycles. The Hall–Kier alpha value is -1.12. The van der Waals surface area contributed by atoms with Crippen LogP contribution in [0.5, 0.6) is 0 Å². The van der Waals surface area contributed by atoms with Crippen LogP contribution in [0.2, 0.25) is 5.02 Å². The van der Waals surface area contributed by atoms with Gasteiger partial charge in [0.15, 0.2) is 0 Å². The van der Waals surface area contributed by atoms with Crippen molar-refractivity contribution >= 4 is 23.2 Å². The summed E-state index contributed by atoms with van der Waals surface area (Å²) >= 11 is 12.3. The van der Waals surface area contributed by atoms with E-state index in [0.29, 0.717) is 23.1 Å². The highest BCUT2D eigenvalue weighted by Gasteiger charge is 2.16. The molecule has 0 bridgehead atoms. The number of halogens is 4. The van der Waals surface area contributed by atoms with Crippen LogP contribution in [0.15, 0.2) is 36.4 Å².